The third-order valence-corrected chi connectivity index (χ3v) is 5.78. The van der Waals surface area contributed by atoms with Gasteiger partial charge in [0.25, 0.3) is 0 Å². The van der Waals surface area contributed by atoms with Gasteiger partial charge in [-0.15, -0.1) is 11.8 Å². The number of carbonyl (C=O) groups is 1. The number of nitrogens with one attached hydrogen (secondary N) is 1. The number of amides is 1. The van der Waals surface area contributed by atoms with Crippen molar-refractivity contribution in [1.29, 1.82) is 0 Å². The van der Waals surface area contributed by atoms with Gasteiger partial charge >= 0.3 is 0 Å². The fourth-order valence-corrected chi connectivity index (χ4v) is 4.38. The number of phenolic OH excluding ortho intramolecular Hbond substituents is 1. The summed E-state index contributed by atoms with van der Waals surface area (Å²) in [4.78, 5) is 14.0. The fraction of sp³-hybridized carbons (Fsp3) is 0.316. The molecule has 23 heavy (non-hydrogen) atoms. The molecule has 2 N–H and O–H groups in total. The molecule has 1 unspecified atom stereocenters. The van der Waals surface area contributed by atoms with Crippen LogP contribution in [-0.4, -0.2) is 11.0 Å². The maximum atomic E-state index is 13.0. The van der Waals surface area contributed by atoms with Crippen molar-refractivity contribution < 1.29 is 9.90 Å². The lowest BCUT2D eigenvalue weighted by molar-refractivity contribution is -0.119. The van der Waals surface area contributed by atoms with Crippen LogP contribution in [0, 0.1) is 0 Å². The van der Waals surface area contributed by atoms with Crippen LogP contribution in [0.3, 0.4) is 0 Å². The Labute approximate surface area is 141 Å². The predicted octanol–water partition coefficient (Wildman–Crippen LogP) is 4.91. The summed E-state index contributed by atoms with van der Waals surface area (Å²) >= 11 is 1.60. The zero-order chi connectivity index (χ0) is 16.3. The Kier molecular flexibility index (Phi) is 4.62. The normalized spacial score (nSPS) is 20.0. The highest BCUT2D eigenvalue weighted by atomic mass is 32.2. The molecule has 4 heteroatoms. The maximum Gasteiger partial charge on any atom is 0.245 e. The van der Waals surface area contributed by atoms with E-state index in [1.165, 1.54) is 0 Å². The first-order valence-electron chi connectivity index (χ1n) is 8.05. The minimum Gasteiger partial charge on any atom is -0.508 e. The minimum atomic E-state index is -0.678. The minimum absolute atomic E-state index is 0.00269. The van der Waals surface area contributed by atoms with Crippen LogP contribution in [0.1, 0.15) is 38.2 Å². The van der Waals surface area contributed by atoms with Crippen molar-refractivity contribution >= 4 is 23.4 Å². The molecule has 0 saturated heterocycles. The third kappa shape index (κ3) is 3.08. The summed E-state index contributed by atoms with van der Waals surface area (Å²) in [5, 5.41) is 12.9. The molecule has 1 amide bonds. The molecule has 0 fully saturated rings. The first-order chi connectivity index (χ1) is 11.2. The molecule has 2 aromatic rings. The summed E-state index contributed by atoms with van der Waals surface area (Å²) in [6.07, 6.45) is 3.94. The third-order valence-electron chi connectivity index (χ3n) is 4.23. The van der Waals surface area contributed by atoms with E-state index in [0.29, 0.717) is 0 Å². The van der Waals surface area contributed by atoms with Crippen LogP contribution in [0.15, 0.2) is 53.4 Å². The van der Waals surface area contributed by atoms with Crippen molar-refractivity contribution in [3.05, 3.63) is 54.1 Å². The molecule has 1 aliphatic rings. The van der Waals surface area contributed by atoms with E-state index in [1.807, 2.05) is 30.3 Å². The summed E-state index contributed by atoms with van der Waals surface area (Å²) in [5.74, 6) is 0.201. The van der Waals surface area contributed by atoms with Gasteiger partial charge in [0.15, 0.2) is 0 Å². The Bertz CT molecular complexity index is 716. The molecule has 0 radical (unpaired) electrons. The van der Waals surface area contributed by atoms with Gasteiger partial charge in [0, 0.05) is 4.90 Å². The molecular formula is C19H21NO2S. The average Bonchev–Trinajstić information content (AvgIpc) is 2.55. The SMILES string of the molecule is CCCCCC1(c2cccc(O)c2)Sc2ccccc2NC1=O. The molecule has 0 bridgehead atoms. The van der Waals surface area contributed by atoms with E-state index < -0.39 is 4.75 Å². The van der Waals surface area contributed by atoms with Crippen molar-refractivity contribution in [3.63, 3.8) is 0 Å². The number of benzene rings is 2. The van der Waals surface area contributed by atoms with E-state index in [-0.39, 0.29) is 11.7 Å². The number of thioether (sulfide) groups is 1. The van der Waals surface area contributed by atoms with Crippen molar-refractivity contribution in [2.24, 2.45) is 0 Å². The van der Waals surface area contributed by atoms with Gasteiger partial charge in [0.05, 0.1) is 5.69 Å². The van der Waals surface area contributed by atoms with Crippen molar-refractivity contribution in [2.45, 2.75) is 42.2 Å². The zero-order valence-electron chi connectivity index (χ0n) is 13.2. The lowest BCUT2D eigenvalue weighted by Crippen LogP contribution is -2.40. The van der Waals surface area contributed by atoms with E-state index in [2.05, 4.69) is 12.2 Å². The zero-order valence-corrected chi connectivity index (χ0v) is 14.0. The van der Waals surface area contributed by atoms with Gasteiger partial charge in [-0.1, -0.05) is 50.5 Å². The number of hydrogen-bond donors (Lipinski definition) is 2. The number of unbranched alkanes of at least 4 members (excludes halogenated alkanes) is 2. The highest BCUT2D eigenvalue weighted by Gasteiger charge is 2.44. The van der Waals surface area contributed by atoms with Crippen LogP contribution >= 0.6 is 11.8 Å². The van der Waals surface area contributed by atoms with Crippen molar-refractivity contribution in [3.8, 4) is 5.75 Å². The van der Waals surface area contributed by atoms with E-state index in [0.717, 1.165) is 41.8 Å². The number of rotatable bonds is 5. The quantitative estimate of drug-likeness (QED) is 0.767. The molecule has 0 saturated carbocycles. The smallest absolute Gasteiger partial charge is 0.245 e. The monoisotopic (exact) mass is 327 g/mol. The van der Waals surface area contributed by atoms with Crippen LogP contribution in [0.5, 0.6) is 5.75 Å². The number of carbonyl (C=O) groups excluding carboxylic acids is 1. The Morgan fingerprint density at radius 3 is 2.74 bits per heavy atom. The first kappa shape index (κ1) is 15.9. The van der Waals surface area contributed by atoms with Crippen molar-refractivity contribution in [2.75, 3.05) is 5.32 Å². The highest BCUT2D eigenvalue weighted by molar-refractivity contribution is 8.01. The van der Waals surface area contributed by atoms with Gasteiger partial charge in [-0.2, -0.15) is 0 Å². The predicted molar refractivity (Wildman–Crippen MR) is 94.9 cm³/mol. The number of aromatic hydroxyl groups is 1. The van der Waals surface area contributed by atoms with E-state index in [4.69, 9.17) is 0 Å². The number of fused-ring (bicyclic) bond motifs is 1. The van der Waals surface area contributed by atoms with Gasteiger partial charge < -0.3 is 10.4 Å². The van der Waals surface area contributed by atoms with Crippen LogP contribution in [0.25, 0.3) is 0 Å². The molecule has 1 heterocycles. The van der Waals surface area contributed by atoms with Gasteiger partial charge in [-0.05, 0) is 36.2 Å². The molecular weight excluding hydrogens is 306 g/mol. The summed E-state index contributed by atoms with van der Waals surface area (Å²) < 4.78 is -0.678. The largest absolute Gasteiger partial charge is 0.508 e. The molecule has 0 aliphatic carbocycles. The molecule has 0 spiro atoms. The van der Waals surface area contributed by atoms with E-state index in [9.17, 15) is 9.90 Å². The number of anilines is 1. The molecule has 1 atom stereocenters. The van der Waals surface area contributed by atoms with Gasteiger partial charge in [0.1, 0.15) is 10.5 Å². The van der Waals surface area contributed by atoms with Crippen LogP contribution < -0.4 is 5.32 Å². The van der Waals surface area contributed by atoms with Crippen LogP contribution in [0.4, 0.5) is 5.69 Å². The molecule has 2 aromatic carbocycles. The first-order valence-corrected chi connectivity index (χ1v) is 8.86. The second kappa shape index (κ2) is 6.67. The maximum absolute atomic E-state index is 13.0. The number of para-hydroxylation sites is 1. The van der Waals surface area contributed by atoms with E-state index >= 15 is 0 Å². The second-order valence-corrected chi connectivity index (χ2v) is 7.23. The molecule has 3 nitrogen and oxygen atoms in total. The Balaban J connectivity index is 2.04. The van der Waals surface area contributed by atoms with E-state index in [1.54, 1.807) is 30.0 Å². The second-order valence-electron chi connectivity index (χ2n) is 5.89. The van der Waals surface area contributed by atoms with Gasteiger partial charge in [0.2, 0.25) is 5.91 Å². The lowest BCUT2D eigenvalue weighted by atomic mass is 9.90. The van der Waals surface area contributed by atoms with Gasteiger partial charge in [-0.25, -0.2) is 0 Å². The standard InChI is InChI=1S/C19H21NO2S/c1-2-3-6-12-19(14-8-7-9-15(21)13-14)18(22)20-16-10-4-5-11-17(16)23-19/h4-5,7-11,13,21H,2-3,6,12H2,1H3,(H,20,22). The molecule has 3 rings (SSSR count). The molecule has 0 aromatic heterocycles. The van der Waals surface area contributed by atoms with Gasteiger partial charge in [-0.3, -0.25) is 4.79 Å². The summed E-state index contributed by atoms with van der Waals surface area (Å²) in [5.41, 5.74) is 1.74. The number of phenols is 1. The Hall–Kier alpha value is -1.94. The van der Waals surface area contributed by atoms with Crippen LogP contribution in [-0.2, 0) is 9.54 Å². The Morgan fingerprint density at radius 1 is 1.13 bits per heavy atom. The van der Waals surface area contributed by atoms with Crippen molar-refractivity contribution in [1.82, 2.24) is 0 Å². The average molecular weight is 327 g/mol. The highest BCUT2D eigenvalue weighted by Crippen LogP contribution is 2.51. The topological polar surface area (TPSA) is 49.3 Å². The lowest BCUT2D eigenvalue weighted by Gasteiger charge is -2.37. The fourth-order valence-electron chi connectivity index (χ4n) is 3.00. The molecule has 120 valence electrons. The van der Waals surface area contributed by atoms with Crippen LogP contribution in [0.2, 0.25) is 0 Å². The summed E-state index contributed by atoms with van der Waals surface area (Å²) in [7, 11) is 0. The number of hydrogen-bond acceptors (Lipinski definition) is 3. The summed E-state index contributed by atoms with van der Waals surface area (Å²) in [6, 6.07) is 15.0. The summed E-state index contributed by atoms with van der Waals surface area (Å²) in [6.45, 7) is 2.16. The Morgan fingerprint density at radius 2 is 1.96 bits per heavy atom. The molecule has 1 aliphatic heterocycles.